The normalized spacial score (nSPS) is 13.6. The first kappa shape index (κ1) is 13.8. The smallest absolute Gasteiger partial charge is 0.280 e. The molecule has 1 aromatic carbocycles. The first-order chi connectivity index (χ1) is 9.79. The Morgan fingerprint density at radius 2 is 1.90 bits per heavy atom. The van der Waals surface area contributed by atoms with Crippen LogP contribution in [0.4, 0.5) is 0 Å². The van der Waals surface area contributed by atoms with E-state index in [-0.39, 0.29) is 5.95 Å². The van der Waals surface area contributed by atoms with Crippen LogP contribution in [0.2, 0.25) is 0 Å². The van der Waals surface area contributed by atoms with E-state index >= 15 is 0 Å². The second-order valence-corrected chi connectivity index (χ2v) is 4.24. The summed E-state index contributed by atoms with van der Waals surface area (Å²) in [5.41, 5.74) is 2.64. The number of aliphatic hydroxyl groups is 1. The lowest BCUT2D eigenvalue weighted by molar-refractivity contribution is 0.132. The second-order valence-electron chi connectivity index (χ2n) is 4.24. The monoisotopic (exact) mass is 264 g/mol. The van der Waals surface area contributed by atoms with Crippen LogP contribution in [-0.2, 0) is 4.74 Å². The summed E-state index contributed by atoms with van der Waals surface area (Å²) in [6, 6.07) is 9.75. The van der Waals surface area contributed by atoms with Gasteiger partial charge in [0.2, 0.25) is 0 Å². The van der Waals surface area contributed by atoms with Gasteiger partial charge in [0.05, 0.1) is 7.11 Å². The number of rotatable bonds is 3. The van der Waals surface area contributed by atoms with Crippen LogP contribution in [0.15, 0.2) is 77.8 Å². The third kappa shape index (κ3) is 3.93. The van der Waals surface area contributed by atoms with E-state index in [1.807, 2.05) is 60.7 Å². The summed E-state index contributed by atoms with van der Waals surface area (Å²) in [5.74, 6) is 6.02. The molecule has 1 aliphatic rings. The lowest BCUT2D eigenvalue weighted by Crippen LogP contribution is -1.92. The maximum absolute atomic E-state index is 9.77. The molecule has 0 atom stereocenters. The van der Waals surface area contributed by atoms with Crippen LogP contribution in [0.1, 0.15) is 12.0 Å². The van der Waals surface area contributed by atoms with E-state index in [9.17, 15) is 5.11 Å². The van der Waals surface area contributed by atoms with E-state index < -0.39 is 0 Å². The summed E-state index contributed by atoms with van der Waals surface area (Å²) in [6.07, 6.45) is 10.1. The van der Waals surface area contributed by atoms with E-state index in [1.165, 1.54) is 7.11 Å². The molecule has 0 radical (unpaired) electrons. The highest BCUT2D eigenvalue weighted by Gasteiger charge is 2.03. The number of hydrogen-bond donors (Lipinski definition) is 1. The fourth-order valence-corrected chi connectivity index (χ4v) is 1.77. The molecule has 2 nitrogen and oxygen atoms in total. The summed E-state index contributed by atoms with van der Waals surface area (Å²) in [5, 5.41) is 9.77. The zero-order chi connectivity index (χ0) is 14.2. The molecule has 1 N–H and O–H groups in total. The van der Waals surface area contributed by atoms with Gasteiger partial charge in [-0.05, 0) is 23.8 Å². The molecule has 100 valence electrons. The van der Waals surface area contributed by atoms with Gasteiger partial charge in [-0.25, -0.2) is 0 Å². The van der Waals surface area contributed by atoms with Gasteiger partial charge in [-0.2, -0.15) is 0 Å². The molecule has 0 aromatic heterocycles. The summed E-state index contributed by atoms with van der Waals surface area (Å²) >= 11 is 0. The van der Waals surface area contributed by atoms with Gasteiger partial charge < -0.3 is 9.84 Å². The number of benzene rings is 1. The van der Waals surface area contributed by atoms with Crippen molar-refractivity contribution in [2.75, 3.05) is 7.11 Å². The molecule has 0 heterocycles. The predicted molar refractivity (Wildman–Crippen MR) is 81.0 cm³/mol. The summed E-state index contributed by atoms with van der Waals surface area (Å²) in [7, 11) is 1.44. The minimum atomic E-state index is -0.0893. The molecule has 0 unspecified atom stereocenters. The topological polar surface area (TPSA) is 29.5 Å². The van der Waals surface area contributed by atoms with Crippen LogP contribution < -0.4 is 0 Å². The zero-order valence-corrected chi connectivity index (χ0v) is 11.3. The van der Waals surface area contributed by atoms with Gasteiger partial charge in [-0.1, -0.05) is 54.3 Å². The van der Waals surface area contributed by atoms with Crippen LogP contribution in [0.25, 0.3) is 0 Å². The van der Waals surface area contributed by atoms with Crippen molar-refractivity contribution in [3.8, 4) is 11.8 Å². The third-order valence-corrected chi connectivity index (χ3v) is 2.78. The number of allylic oxidation sites excluding steroid dienone is 7. The molecule has 2 rings (SSSR count). The Morgan fingerprint density at radius 1 is 1.20 bits per heavy atom. The highest BCUT2D eigenvalue weighted by Crippen LogP contribution is 2.16. The highest BCUT2D eigenvalue weighted by molar-refractivity contribution is 5.45. The fourth-order valence-electron chi connectivity index (χ4n) is 1.77. The standard InChI is InChI=1S/C18H16O2/c1-20-18(19)17(14-16-10-5-6-11-16)13-7-12-15-8-3-2-4-9-15/h2-6,8-11,14,19H,13H2,1H3/b18-17-. The molecule has 0 aliphatic heterocycles. The molecular weight excluding hydrogens is 248 g/mol. The Balaban J connectivity index is 2.14. The maximum Gasteiger partial charge on any atom is 0.280 e. The van der Waals surface area contributed by atoms with Gasteiger partial charge in [0.1, 0.15) is 0 Å². The van der Waals surface area contributed by atoms with Crippen molar-refractivity contribution in [1.29, 1.82) is 0 Å². The largest absolute Gasteiger partial charge is 0.481 e. The van der Waals surface area contributed by atoms with Crippen LogP contribution >= 0.6 is 0 Å². The van der Waals surface area contributed by atoms with E-state index in [1.54, 1.807) is 0 Å². The van der Waals surface area contributed by atoms with E-state index in [0.717, 1.165) is 11.1 Å². The van der Waals surface area contributed by atoms with Crippen molar-refractivity contribution in [3.63, 3.8) is 0 Å². The van der Waals surface area contributed by atoms with E-state index in [0.29, 0.717) is 12.0 Å². The highest BCUT2D eigenvalue weighted by atomic mass is 16.6. The van der Waals surface area contributed by atoms with Crippen LogP contribution in [0, 0.1) is 11.8 Å². The quantitative estimate of drug-likeness (QED) is 0.663. The number of aliphatic hydroxyl groups excluding tert-OH is 1. The lowest BCUT2D eigenvalue weighted by atomic mass is 10.1. The maximum atomic E-state index is 9.77. The van der Waals surface area contributed by atoms with Crippen LogP contribution in [0.3, 0.4) is 0 Å². The third-order valence-electron chi connectivity index (χ3n) is 2.78. The number of ether oxygens (including phenoxy) is 1. The Bertz CT molecular complexity index is 621. The second kappa shape index (κ2) is 7.06. The minimum absolute atomic E-state index is 0.0893. The van der Waals surface area contributed by atoms with Crippen molar-refractivity contribution in [3.05, 3.63) is 83.4 Å². The summed E-state index contributed by atoms with van der Waals surface area (Å²) < 4.78 is 4.90. The minimum Gasteiger partial charge on any atom is -0.481 e. The average Bonchev–Trinajstić information content (AvgIpc) is 2.99. The number of hydrogen-bond acceptors (Lipinski definition) is 2. The summed E-state index contributed by atoms with van der Waals surface area (Å²) in [6.45, 7) is 0. The van der Waals surface area contributed by atoms with Crippen LogP contribution in [0.5, 0.6) is 0 Å². The molecule has 20 heavy (non-hydrogen) atoms. The Labute approximate surface area is 119 Å². The fraction of sp³-hybridized carbons (Fsp3) is 0.111. The molecule has 0 bridgehead atoms. The molecule has 0 saturated carbocycles. The van der Waals surface area contributed by atoms with Crippen molar-refractivity contribution in [2.24, 2.45) is 0 Å². The van der Waals surface area contributed by atoms with Crippen LogP contribution in [-0.4, -0.2) is 12.2 Å². The van der Waals surface area contributed by atoms with Gasteiger partial charge in [-0.15, -0.1) is 0 Å². The zero-order valence-electron chi connectivity index (χ0n) is 11.3. The molecule has 0 fully saturated rings. The first-order valence-corrected chi connectivity index (χ1v) is 6.36. The van der Waals surface area contributed by atoms with Crippen molar-refractivity contribution >= 4 is 0 Å². The Kier molecular flexibility index (Phi) is 4.86. The average molecular weight is 264 g/mol. The molecular formula is C18H16O2. The molecule has 0 saturated heterocycles. The first-order valence-electron chi connectivity index (χ1n) is 6.36. The molecule has 1 aliphatic carbocycles. The molecule has 0 amide bonds. The van der Waals surface area contributed by atoms with Gasteiger partial charge in [0.15, 0.2) is 0 Å². The van der Waals surface area contributed by atoms with Gasteiger partial charge in [0.25, 0.3) is 5.95 Å². The summed E-state index contributed by atoms with van der Waals surface area (Å²) in [4.78, 5) is 0. The Hall–Kier alpha value is -2.66. The van der Waals surface area contributed by atoms with Crippen molar-refractivity contribution < 1.29 is 9.84 Å². The van der Waals surface area contributed by atoms with Gasteiger partial charge >= 0.3 is 0 Å². The van der Waals surface area contributed by atoms with E-state index in [4.69, 9.17) is 4.74 Å². The Morgan fingerprint density at radius 3 is 2.55 bits per heavy atom. The lowest BCUT2D eigenvalue weighted by Gasteiger charge is -2.03. The van der Waals surface area contributed by atoms with E-state index in [2.05, 4.69) is 11.8 Å². The predicted octanol–water partition coefficient (Wildman–Crippen LogP) is 3.90. The molecule has 0 spiro atoms. The van der Waals surface area contributed by atoms with Crippen molar-refractivity contribution in [1.82, 2.24) is 0 Å². The SMILES string of the molecule is CO/C(O)=C(\C=C1C=CC=C1)CC#Cc1ccccc1. The molecule has 1 aromatic rings. The van der Waals surface area contributed by atoms with Crippen molar-refractivity contribution in [2.45, 2.75) is 6.42 Å². The number of methoxy groups -OCH3 is 1. The molecule has 2 heteroatoms. The van der Waals surface area contributed by atoms with Gasteiger partial charge in [-0.3, -0.25) is 0 Å². The van der Waals surface area contributed by atoms with Gasteiger partial charge in [0, 0.05) is 17.6 Å².